The predicted molar refractivity (Wildman–Crippen MR) is 92.2 cm³/mol. The number of fused-ring (bicyclic) bond motifs is 1. The van der Waals surface area contributed by atoms with Crippen molar-refractivity contribution in [3.8, 4) is 17.0 Å². The molecule has 2 heterocycles. The quantitative estimate of drug-likeness (QED) is 0.804. The average molecular weight is 384 g/mol. The number of ether oxygens (including phenoxy) is 2. The molecule has 138 valence electrons. The van der Waals surface area contributed by atoms with Gasteiger partial charge in [0, 0.05) is 11.1 Å². The van der Waals surface area contributed by atoms with Crippen molar-refractivity contribution in [1.29, 1.82) is 0 Å². The summed E-state index contributed by atoms with van der Waals surface area (Å²) in [5, 5.41) is 0.671. The van der Waals surface area contributed by atoms with Gasteiger partial charge in [0.15, 0.2) is 0 Å². The van der Waals surface area contributed by atoms with E-state index in [1.807, 2.05) is 0 Å². The summed E-state index contributed by atoms with van der Waals surface area (Å²) in [7, 11) is 2.40. The summed E-state index contributed by atoms with van der Waals surface area (Å²) >= 11 is 0. The van der Waals surface area contributed by atoms with E-state index in [2.05, 4.69) is 19.0 Å². The molecule has 1 aromatic heterocycles. The second-order valence-electron chi connectivity index (χ2n) is 5.81. The van der Waals surface area contributed by atoms with Gasteiger partial charge in [-0.2, -0.15) is 8.78 Å². The maximum atomic E-state index is 14.4. The molecule has 1 aliphatic rings. The van der Waals surface area contributed by atoms with E-state index in [4.69, 9.17) is 10.5 Å². The predicted octanol–water partition coefficient (Wildman–Crippen LogP) is 2.42. The van der Waals surface area contributed by atoms with Crippen LogP contribution in [0, 0.1) is 5.82 Å². The fraction of sp³-hybridized carbons (Fsp3) is 0.294. The highest BCUT2D eigenvalue weighted by Gasteiger charge is 2.27. The van der Waals surface area contributed by atoms with Gasteiger partial charge in [0.25, 0.3) is 5.91 Å². The molecule has 5 nitrogen and oxygen atoms in total. The molecule has 26 heavy (non-hydrogen) atoms. The van der Waals surface area contributed by atoms with Gasteiger partial charge in [0.1, 0.15) is 17.6 Å². The molecular formula is C17H16F3N2O3P. The Hall–Kier alpha value is -2.18. The molecule has 0 saturated heterocycles. The molecule has 2 atom stereocenters. The molecular weight excluding hydrogens is 368 g/mol. The molecule has 3 rings (SSSR count). The topological polar surface area (TPSA) is 74.4 Å². The van der Waals surface area contributed by atoms with Crippen LogP contribution in [0.4, 0.5) is 13.2 Å². The monoisotopic (exact) mass is 384 g/mol. The van der Waals surface area contributed by atoms with Gasteiger partial charge in [0.2, 0.25) is 5.88 Å². The minimum atomic E-state index is -2.90. The zero-order valence-corrected chi connectivity index (χ0v) is 14.7. The number of pyridine rings is 1. The Bertz CT molecular complexity index is 848. The van der Waals surface area contributed by atoms with Crippen molar-refractivity contribution in [3.63, 3.8) is 0 Å². The number of halogens is 3. The van der Waals surface area contributed by atoms with E-state index in [1.54, 1.807) is 12.1 Å². The van der Waals surface area contributed by atoms with Crippen LogP contribution in [0.1, 0.15) is 22.5 Å². The van der Waals surface area contributed by atoms with Crippen LogP contribution < -0.4 is 15.8 Å². The number of nitrogens with two attached hydrogens (primary N) is 1. The lowest BCUT2D eigenvalue weighted by atomic mass is 9.94. The molecule has 9 heteroatoms. The van der Waals surface area contributed by atoms with Crippen LogP contribution in [0.15, 0.2) is 24.3 Å². The number of amides is 1. The third-order valence-electron chi connectivity index (χ3n) is 4.02. The first kappa shape index (κ1) is 18.6. The van der Waals surface area contributed by atoms with Crippen molar-refractivity contribution in [2.75, 3.05) is 6.61 Å². The number of alkyl halides is 2. The van der Waals surface area contributed by atoms with Crippen LogP contribution in [-0.2, 0) is 11.2 Å². The highest BCUT2D eigenvalue weighted by molar-refractivity contribution is 7.27. The standard InChI is InChI=1S/C17H16F3N2O3P/c18-13-5-9(26)2-4-10(13)12-6-14(15(21)23)22-16-11(12)3-1-8(25-16)7-24-17(19)20/h2,4-6,8,17H,1,3,7,26H2,(H2,21,23). The zero-order chi connectivity index (χ0) is 18.8. The molecule has 0 aliphatic carbocycles. The van der Waals surface area contributed by atoms with Crippen molar-refractivity contribution in [2.45, 2.75) is 25.6 Å². The van der Waals surface area contributed by atoms with Crippen LogP contribution in [0.5, 0.6) is 5.88 Å². The smallest absolute Gasteiger partial charge is 0.345 e. The molecule has 1 aromatic carbocycles. The van der Waals surface area contributed by atoms with E-state index in [0.717, 1.165) is 0 Å². The molecule has 0 saturated carbocycles. The van der Waals surface area contributed by atoms with Crippen LogP contribution >= 0.6 is 9.24 Å². The molecule has 0 radical (unpaired) electrons. The first-order chi connectivity index (χ1) is 12.3. The normalized spacial score (nSPS) is 16.3. The third kappa shape index (κ3) is 3.97. The van der Waals surface area contributed by atoms with E-state index in [1.165, 1.54) is 12.1 Å². The van der Waals surface area contributed by atoms with Gasteiger partial charge in [-0.3, -0.25) is 4.79 Å². The van der Waals surface area contributed by atoms with Gasteiger partial charge in [-0.25, -0.2) is 9.37 Å². The van der Waals surface area contributed by atoms with Gasteiger partial charge < -0.3 is 15.2 Å². The van der Waals surface area contributed by atoms with Crippen LogP contribution in [0.3, 0.4) is 0 Å². The van der Waals surface area contributed by atoms with Crippen LogP contribution in [-0.4, -0.2) is 30.2 Å². The Morgan fingerprint density at radius 3 is 2.81 bits per heavy atom. The molecule has 1 aliphatic heterocycles. The molecule has 1 amide bonds. The second kappa shape index (κ2) is 7.60. The number of aromatic nitrogens is 1. The van der Waals surface area contributed by atoms with Gasteiger partial charge in [-0.05, 0) is 35.8 Å². The Morgan fingerprint density at radius 1 is 1.38 bits per heavy atom. The Balaban J connectivity index is 2.02. The van der Waals surface area contributed by atoms with Crippen LogP contribution in [0.2, 0.25) is 0 Å². The maximum absolute atomic E-state index is 14.4. The van der Waals surface area contributed by atoms with E-state index in [9.17, 15) is 18.0 Å². The fourth-order valence-electron chi connectivity index (χ4n) is 2.82. The van der Waals surface area contributed by atoms with Gasteiger partial charge >= 0.3 is 6.61 Å². The molecule has 0 bridgehead atoms. The lowest BCUT2D eigenvalue weighted by Gasteiger charge is -2.27. The Labute approximate surface area is 149 Å². The number of primary amides is 1. The number of benzene rings is 1. The Kier molecular flexibility index (Phi) is 5.44. The number of carbonyl (C=O) groups excluding carboxylic acids is 1. The van der Waals surface area contributed by atoms with Crippen molar-refractivity contribution < 1.29 is 27.4 Å². The molecule has 0 fully saturated rings. The first-order valence-corrected chi connectivity index (χ1v) is 8.38. The van der Waals surface area contributed by atoms with E-state index in [0.29, 0.717) is 29.3 Å². The summed E-state index contributed by atoms with van der Waals surface area (Å²) in [6.45, 7) is -3.22. The van der Waals surface area contributed by atoms with Crippen molar-refractivity contribution in [2.24, 2.45) is 5.73 Å². The lowest BCUT2D eigenvalue weighted by molar-refractivity contribution is -0.146. The summed E-state index contributed by atoms with van der Waals surface area (Å²) < 4.78 is 48.7. The number of hydrogen-bond donors (Lipinski definition) is 1. The van der Waals surface area contributed by atoms with Crippen LogP contribution in [0.25, 0.3) is 11.1 Å². The maximum Gasteiger partial charge on any atom is 0.345 e. The average Bonchev–Trinajstić information content (AvgIpc) is 2.58. The van der Waals surface area contributed by atoms with Gasteiger partial charge in [-0.15, -0.1) is 9.24 Å². The van der Waals surface area contributed by atoms with E-state index >= 15 is 0 Å². The minimum absolute atomic E-state index is 0.0831. The number of rotatable bonds is 5. The number of nitrogens with zero attached hydrogens (tertiary/aromatic N) is 1. The molecule has 2 unspecified atom stereocenters. The van der Waals surface area contributed by atoms with Crippen molar-refractivity contribution in [1.82, 2.24) is 4.98 Å². The fourth-order valence-corrected chi connectivity index (χ4v) is 3.07. The summed E-state index contributed by atoms with van der Waals surface area (Å²) in [4.78, 5) is 15.6. The highest BCUT2D eigenvalue weighted by Crippen LogP contribution is 2.36. The molecule has 2 N–H and O–H groups in total. The van der Waals surface area contributed by atoms with Crippen molar-refractivity contribution >= 4 is 20.5 Å². The second-order valence-corrected chi connectivity index (χ2v) is 6.48. The Morgan fingerprint density at radius 2 is 2.15 bits per heavy atom. The SMILES string of the molecule is NC(=O)c1cc(-c2ccc(P)cc2F)c2c(n1)OC(COC(F)F)CC2. The molecule has 0 spiro atoms. The third-order valence-corrected chi connectivity index (χ3v) is 4.38. The summed E-state index contributed by atoms with van der Waals surface area (Å²) in [5.41, 5.74) is 6.54. The first-order valence-electron chi connectivity index (χ1n) is 7.80. The molecule has 2 aromatic rings. The highest BCUT2D eigenvalue weighted by atomic mass is 31.0. The minimum Gasteiger partial charge on any atom is -0.472 e. The summed E-state index contributed by atoms with van der Waals surface area (Å²) in [5.74, 6) is -1.18. The summed E-state index contributed by atoms with van der Waals surface area (Å²) in [6, 6.07) is 6.06. The summed E-state index contributed by atoms with van der Waals surface area (Å²) in [6.07, 6.45) is 0.170. The van der Waals surface area contributed by atoms with E-state index < -0.39 is 24.4 Å². The number of hydrogen-bond acceptors (Lipinski definition) is 4. The number of carbonyl (C=O) groups is 1. The van der Waals surface area contributed by atoms with E-state index in [-0.39, 0.29) is 23.7 Å². The zero-order valence-electron chi connectivity index (χ0n) is 13.5. The lowest BCUT2D eigenvalue weighted by Crippen LogP contribution is -2.30. The van der Waals surface area contributed by atoms with Gasteiger partial charge in [0.05, 0.1) is 6.61 Å². The van der Waals surface area contributed by atoms with Gasteiger partial charge in [-0.1, -0.05) is 12.1 Å². The van der Waals surface area contributed by atoms with Crippen molar-refractivity contribution in [3.05, 3.63) is 41.3 Å². The largest absolute Gasteiger partial charge is 0.472 e.